The molecule has 1 fully saturated rings. The minimum atomic E-state index is -0.303. The van der Waals surface area contributed by atoms with Crippen LogP contribution in [0.3, 0.4) is 0 Å². The van der Waals surface area contributed by atoms with Crippen LogP contribution in [0.25, 0.3) is 0 Å². The van der Waals surface area contributed by atoms with Crippen molar-refractivity contribution >= 4 is 5.91 Å². The lowest BCUT2D eigenvalue weighted by molar-refractivity contribution is -0.122. The third-order valence-corrected chi connectivity index (χ3v) is 4.34. The van der Waals surface area contributed by atoms with Gasteiger partial charge in [-0.2, -0.15) is 0 Å². The molecule has 0 spiro atoms. The molecule has 0 aliphatic heterocycles. The number of hydrogen-bond acceptors (Lipinski definition) is 7. The van der Waals surface area contributed by atoms with E-state index < -0.39 is 0 Å². The Labute approximate surface area is 139 Å². The molecule has 0 bridgehead atoms. The number of rotatable bonds is 6. The van der Waals surface area contributed by atoms with Gasteiger partial charge in [-0.25, -0.2) is 9.61 Å². The summed E-state index contributed by atoms with van der Waals surface area (Å²) >= 11 is 0. The Kier molecular flexibility index (Phi) is 4.75. The number of aliphatic hydroxyl groups excluding tert-OH is 1. The van der Waals surface area contributed by atoms with Gasteiger partial charge in [-0.3, -0.25) is 4.79 Å². The zero-order valence-corrected chi connectivity index (χ0v) is 13.6. The van der Waals surface area contributed by atoms with E-state index in [9.17, 15) is 9.90 Å². The minimum Gasteiger partial charge on any atom is -0.481 e. The quantitative estimate of drug-likeness (QED) is 0.810. The summed E-state index contributed by atoms with van der Waals surface area (Å²) in [5.74, 6) is 0.522. The molecule has 2 aromatic heterocycles. The molecule has 2 aromatic rings. The summed E-state index contributed by atoms with van der Waals surface area (Å²) in [6.45, 7) is 1.74. The number of methoxy groups -OCH3 is 1. The van der Waals surface area contributed by atoms with Crippen molar-refractivity contribution in [1.29, 1.82) is 0 Å². The summed E-state index contributed by atoms with van der Waals surface area (Å²) in [4.78, 5) is 16.6. The number of ether oxygens (including phenoxy) is 1. The molecule has 8 heteroatoms. The average molecular weight is 332 g/mol. The van der Waals surface area contributed by atoms with E-state index in [4.69, 9.17) is 4.74 Å². The Balaban J connectivity index is 1.72. The highest BCUT2D eigenvalue weighted by Gasteiger charge is 2.36. The van der Waals surface area contributed by atoms with Crippen LogP contribution in [0, 0.1) is 12.8 Å². The van der Waals surface area contributed by atoms with Crippen molar-refractivity contribution in [3.05, 3.63) is 35.3 Å². The summed E-state index contributed by atoms with van der Waals surface area (Å²) in [6, 6.07) is 3.43. The fourth-order valence-electron chi connectivity index (χ4n) is 2.86. The fraction of sp³-hybridized carbons (Fsp3) is 0.500. The zero-order chi connectivity index (χ0) is 17.1. The average Bonchev–Trinajstić information content (AvgIpc) is 2.95. The first kappa shape index (κ1) is 16.4. The molecule has 1 amide bonds. The Morgan fingerprint density at radius 2 is 2.25 bits per heavy atom. The molecule has 1 atom stereocenters. The van der Waals surface area contributed by atoms with Gasteiger partial charge >= 0.3 is 0 Å². The summed E-state index contributed by atoms with van der Waals surface area (Å²) in [6.07, 6.45) is 2.80. The van der Waals surface area contributed by atoms with Crippen molar-refractivity contribution in [2.24, 2.45) is 5.92 Å². The van der Waals surface area contributed by atoms with Gasteiger partial charge in [-0.1, -0.05) is 16.4 Å². The molecular formula is C16H20N4O4. The molecular weight excluding hydrogens is 312 g/mol. The number of aromatic nitrogens is 3. The monoisotopic (exact) mass is 332 g/mol. The van der Waals surface area contributed by atoms with E-state index in [1.54, 1.807) is 26.3 Å². The van der Waals surface area contributed by atoms with Crippen LogP contribution in [-0.4, -0.2) is 39.5 Å². The number of carbonyl (C=O) groups is 1. The molecule has 24 heavy (non-hydrogen) atoms. The maximum atomic E-state index is 12.4. The first-order valence-corrected chi connectivity index (χ1v) is 7.82. The van der Waals surface area contributed by atoms with Crippen molar-refractivity contribution in [2.45, 2.75) is 38.3 Å². The Morgan fingerprint density at radius 1 is 1.46 bits per heavy atom. The molecule has 8 nitrogen and oxygen atoms in total. The van der Waals surface area contributed by atoms with Gasteiger partial charge in [0, 0.05) is 12.3 Å². The molecule has 3 rings (SSSR count). The van der Waals surface area contributed by atoms with Crippen LogP contribution in [0.15, 0.2) is 23.0 Å². The van der Waals surface area contributed by atoms with E-state index in [1.165, 1.54) is 0 Å². The zero-order valence-electron chi connectivity index (χ0n) is 13.6. The van der Waals surface area contributed by atoms with Gasteiger partial charge in [0.25, 0.3) is 0 Å². The molecule has 0 aromatic carbocycles. The van der Waals surface area contributed by atoms with Crippen LogP contribution < -0.4 is 10.1 Å². The van der Waals surface area contributed by atoms with Crippen molar-refractivity contribution < 1.29 is 19.3 Å². The van der Waals surface area contributed by atoms with Gasteiger partial charge in [-0.05, 0) is 31.2 Å². The molecule has 2 heterocycles. The highest BCUT2D eigenvalue weighted by Crippen LogP contribution is 2.38. The number of nitrogens with zero attached hydrogens (tertiary/aromatic N) is 3. The summed E-state index contributed by atoms with van der Waals surface area (Å²) in [5, 5.41) is 20.0. The van der Waals surface area contributed by atoms with Crippen molar-refractivity contribution in [3.63, 3.8) is 0 Å². The van der Waals surface area contributed by atoms with Crippen LogP contribution in [0.4, 0.5) is 0 Å². The largest absolute Gasteiger partial charge is 0.481 e. The second-order valence-electron chi connectivity index (χ2n) is 6.04. The van der Waals surface area contributed by atoms with Gasteiger partial charge in [0.2, 0.25) is 11.8 Å². The number of carbonyl (C=O) groups excluding carboxylic acids is 1. The molecule has 0 radical (unpaired) electrons. The molecule has 1 saturated carbocycles. The number of pyridine rings is 1. The molecule has 2 N–H and O–H groups in total. The van der Waals surface area contributed by atoms with Gasteiger partial charge < -0.3 is 15.2 Å². The second kappa shape index (κ2) is 6.96. The highest BCUT2D eigenvalue weighted by molar-refractivity contribution is 5.78. The van der Waals surface area contributed by atoms with Crippen molar-refractivity contribution in [2.75, 3.05) is 7.11 Å². The van der Waals surface area contributed by atoms with Gasteiger partial charge in [-0.15, -0.1) is 0 Å². The van der Waals surface area contributed by atoms with E-state index in [1.807, 2.05) is 6.07 Å². The highest BCUT2D eigenvalue weighted by atomic mass is 16.6. The predicted octanol–water partition coefficient (Wildman–Crippen LogP) is 0.953. The summed E-state index contributed by atoms with van der Waals surface area (Å²) in [7, 11) is 1.55. The predicted molar refractivity (Wildman–Crippen MR) is 83.1 cm³/mol. The number of amides is 1. The second-order valence-corrected chi connectivity index (χ2v) is 6.04. The molecule has 128 valence electrons. The lowest BCUT2D eigenvalue weighted by Crippen LogP contribution is -2.42. The van der Waals surface area contributed by atoms with Crippen molar-refractivity contribution in [1.82, 2.24) is 20.6 Å². The first-order chi connectivity index (χ1) is 11.6. The van der Waals surface area contributed by atoms with Crippen LogP contribution in [0.1, 0.15) is 35.8 Å². The molecule has 1 aliphatic carbocycles. The Bertz CT molecular complexity index is 694. The standard InChI is InChI=1S/C16H20N4O4/c1-9-13(20-24-19-9)7-14(22)18-16(11-5-12(21)6-11)10-3-4-15(23-2)17-8-10/h3-4,8,11-12,16,21H,5-7H2,1-2H3,(H,18,22). The van der Waals surface area contributed by atoms with E-state index in [0.717, 1.165) is 5.56 Å². The van der Waals surface area contributed by atoms with Crippen LogP contribution >= 0.6 is 0 Å². The number of hydrogen-bond donors (Lipinski definition) is 2. The molecule has 0 saturated heterocycles. The fourth-order valence-corrected chi connectivity index (χ4v) is 2.86. The van der Waals surface area contributed by atoms with E-state index in [0.29, 0.717) is 30.1 Å². The van der Waals surface area contributed by atoms with E-state index in [-0.39, 0.29) is 30.4 Å². The smallest absolute Gasteiger partial charge is 0.226 e. The van der Waals surface area contributed by atoms with E-state index in [2.05, 4.69) is 25.2 Å². The lowest BCUT2D eigenvalue weighted by Gasteiger charge is -2.38. The van der Waals surface area contributed by atoms with Crippen LogP contribution in [-0.2, 0) is 11.2 Å². The number of aliphatic hydroxyl groups is 1. The van der Waals surface area contributed by atoms with Gasteiger partial charge in [0.15, 0.2) is 0 Å². The normalized spacial score (nSPS) is 21.0. The Morgan fingerprint density at radius 3 is 2.79 bits per heavy atom. The maximum Gasteiger partial charge on any atom is 0.226 e. The Hall–Kier alpha value is -2.48. The van der Waals surface area contributed by atoms with E-state index >= 15 is 0 Å². The maximum absolute atomic E-state index is 12.4. The topological polar surface area (TPSA) is 110 Å². The SMILES string of the molecule is COc1ccc(C(NC(=O)Cc2nonc2C)C2CC(O)C2)cn1. The third-order valence-electron chi connectivity index (χ3n) is 4.34. The molecule has 1 unspecified atom stereocenters. The van der Waals surface area contributed by atoms with Gasteiger partial charge in [0.1, 0.15) is 11.4 Å². The first-order valence-electron chi connectivity index (χ1n) is 7.82. The van der Waals surface area contributed by atoms with Gasteiger partial charge in [0.05, 0.1) is 25.7 Å². The minimum absolute atomic E-state index is 0.102. The third kappa shape index (κ3) is 3.53. The van der Waals surface area contributed by atoms with Crippen LogP contribution in [0.5, 0.6) is 5.88 Å². The summed E-state index contributed by atoms with van der Waals surface area (Å²) < 4.78 is 9.69. The van der Waals surface area contributed by atoms with Crippen molar-refractivity contribution in [3.8, 4) is 5.88 Å². The number of aryl methyl sites for hydroxylation is 1. The van der Waals surface area contributed by atoms with Crippen LogP contribution in [0.2, 0.25) is 0 Å². The summed E-state index contributed by atoms with van der Waals surface area (Å²) in [5.41, 5.74) is 2.01. The number of nitrogens with one attached hydrogen (secondary N) is 1. The molecule has 1 aliphatic rings. The lowest BCUT2D eigenvalue weighted by atomic mass is 9.75.